The molecular weight excluding hydrogens is 359 g/mol. The highest BCUT2D eigenvalue weighted by Gasteiger charge is 2.10. The number of rotatable bonds is 5. The molecule has 0 aliphatic heterocycles. The molecule has 8 heteroatoms. The first kappa shape index (κ1) is 17.3. The van der Waals surface area contributed by atoms with E-state index in [1.807, 2.05) is 18.2 Å². The lowest BCUT2D eigenvalue weighted by Gasteiger charge is -2.05. The van der Waals surface area contributed by atoms with Gasteiger partial charge >= 0.3 is 0 Å². The number of halogens is 1. The Morgan fingerprint density at radius 2 is 1.68 bits per heavy atom. The van der Waals surface area contributed by atoms with Crippen molar-refractivity contribution in [2.45, 2.75) is 0 Å². The van der Waals surface area contributed by atoms with Crippen LogP contribution in [0.15, 0.2) is 79.1 Å². The van der Waals surface area contributed by atoms with Gasteiger partial charge in [0.05, 0.1) is 18.1 Å². The van der Waals surface area contributed by atoms with Crippen molar-refractivity contribution in [3.63, 3.8) is 0 Å². The van der Waals surface area contributed by atoms with Gasteiger partial charge in [-0.2, -0.15) is 5.10 Å². The standard InChI is InChI=1S/C20H15FN6O/c21-16-8-4-5-9-18(16)27-13-15(12-22-27)23-19-11-10-17(25-26-19)20(28)24-14-6-2-1-3-7-14/h1-13H,(H,23,26)(H,24,28). The van der Waals surface area contributed by atoms with E-state index < -0.39 is 0 Å². The molecule has 2 aromatic carbocycles. The molecule has 4 aromatic rings. The lowest BCUT2D eigenvalue weighted by atomic mass is 10.3. The van der Waals surface area contributed by atoms with Gasteiger partial charge in [0.15, 0.2) is 11.5 Å². The zero-order chi connectivity index (χ0) is 19.3. The van der Waals surface area contributed by atoms with Crippen molar-refractivity contribution in [1.82, 2.24) is 20.0 Å². The third kappa shape index (κ3) is 3.85. The number of carbonyl (C=O) groups is 1. The summed E-state index contributed by atoms with van der Waals surface area (Å²) in [6, 6.07) is 18.6. The highest BCUT2D eigenvalue weighted by atomic mass is 19.1. The van der Waals surface area contributed by atoms with Gasteiger partial charge in [0, 0.05) is 5.69 Å². The van der Waals surface area contributed by atoms with Gasteiger partial charge in [0.1, 0.15) is 11.5 Å². The van der Waals surface area contributed by atoms with Crippen molar-refractivity contribution in [3.05, 3.63) is 90.6 Å². The van der Waals surface area contributed by atoms with Gasteiger partial charge in [0.2, 0.25) is 0 Å². The van der Waals surface area contributed by atoms with Gasteiger partial charge in [-0.05, 0) is 36.4 Å². The zero-order valence-corrected chi connectivity index (χ0v) is 14.6. The number of benzene rings is 2. The highest BCUT2D eigenvalue weighted by Crippen LogP contribution is 2.17. The first-order valence-corrected chi connectivity index (χ1v) is 8.46. The molecule has 4 rings (SSSR count). The number of hydrogen-bond acceptors (Lipinski definition) is 5. The summed E-state index contributed by atoms with van der Waals surface area (Å²) in [5.41, 5.74) is 1.82. The Bertz CT molecular complexity index is 1100. The Labute approximate surface area is 159 Å². The maximum Gasteiger partial charge on any atom is 0.276 e. The van der Waals surface area contributed by atoms with E-state index in [0.717, 1.165) is 0 Å². The summed E-state index contributed by atoms with van der Waals surface area (Å²) in [6.45, 7) is 0. The summed E-state index contributed by atoms with van der Waals surface area (Å²) in [5, 5.41) is 17.8. The first-order chi connectivity index (χ1) is 13.7. The molecule has 0 aliphatic carbocycles. The van der Waals surface area contributed by atoms with E-state index >= 15 is 0 Å². The first-order valence-electron chi connectivity index (χ1n) is 8.46. The smallest absolute Gasteiger partial charge is 0.276 e. The molecule has 0 unspecified atom stereocenters. The normalized spacial score (nSPS) is 10.5. The topological polar surface area (TPSA) is 84.7 Å². The second-order valence-corrected chi connectivity index (χ2v) is 5.87. The Morgan fingerprint density at radius 1 is 0.893 bits per heavy atom. The largest absolute Gasteiger partial charge is 0.336 e. The van der Waals surface area contributed by atoms with Crippen molar-refractivity contribution in [1.29, 1.82) is 0 Å². The van der Waals surface area contributed by atoms with Crippen molar-refractivity contribution in [3.8, 4) is 5.69 Å². The molecule has 0 fully saturated rings. The van der Waals surface area contributed by atoms with Crippen molar-refractivity contribution >= 4 is 23.1 Å². The lowest BCUT2D eigenvalue weighted by Crippen LogP contribution is -2.14. The number of aromatic nitrogens is 4. The minimum absolute atomic E-state index is 0.191. The fourth-order valence-electron chi connectivity index (χ4n) is 2.54. The molecule has 2 N–H and O–H groups in total. The van der Waals surface area contributed by atoms with Gasteiger partial charge in [-0.3, -0.25) is 4.79 Å². The van der Waals surface area contributed by atoms with E-state index in [9.17, 15) is 9.18 Å². The summed E-state index contributed by atoms with van der Waals surface area (Å²) in [4.78, 5) is 12.2. The van der Waals surface area contributed by atoms with E-state index in [1.54, 1.807) is 54.9 Å². The van der Waals surface area contributed by atoms with Crippen LogP contribution in [0.25, 0.3) is 5.69 Å². The fraction of sp³-hybridized carbons (Fsp3) is 0. The second-order valence-electron chi connectivity index (χ2n) is 5.87. The quantitative estimate of drug-likeness (QED) is 0.555. The van der Waals surface area contributed by atoms with Crippen LogP contribution in [0.2, 0.25) is 0 Å². The molecule has 2 aromatic heterocycles. The number of amides is 1. The average Bonchev–Trinajstić information content (AvgIpc) is 3.18. The van der Waals surface area contributed by atoms with Gasteiger partial charge in [0.25, 0.3) is 5.91 Å². The summed E-state index contributed by atoms with van der Waals surface area (Å²) >= 11 is 0. The van der Waals surface area contributed by atoms with Crippen molar-refractivity contribution in [2.24, 2.45) is 0 Å². The molecule has 0 spiro atoms. The van der Waals surface area contributed by atoms with Crippen LogP contribution in [0.4, 0.5) is 21.6 Å². The van der Waals surface area contributed by atoms with E-state index in [4.69, 9.17) is 0 Å². The van der Waals surface area contributed by atoms with Crippen LogP contribution >= 0.6 is 0 Å². The highest BCUT2D eigenvalue weighted by molar-refractivity contribution is 6.02. The molecule has 0 aliphatic rings. The number of carbonyl (C=O) groups excluding carboxylic acids is 1. The second kappa shape index (κ2) is 7.67. The fourth-order valence-corrected chi connectivity index (χ4v) is 2.54. The van der Waals surface area contributed by atoms with Crippen LogP contribution in [0.1, 0.15) is 10.5 Å². The van der Waals surface area contributed by atoms with E-state index in [1.165, 1.54) is 10.7 Å². The third-order valence-corrected chi connectivity index (χ3v) is 3.88. The maximum atomic E-state index is 13.8. The Kier molecular flexibility index (Phi) is 4.75. The number of para-hydroxylation sites is 2. The SMILES string of the molecule is O=C(Nc1ccccc1)c1ccc(Nc2cnn(-c3ccccc3F)c2)nn1. The van der Waals surface area contributed by atoms with Crippen molar-refractivity contribution in [2.75, 3.05) is 10.6 Å². The molecule has 0 radical (unpaired) electrons. The summed E-state index contributed by atoms with van der Waals surface area (Å²) in [6.07, 6.45) is 3.18. The van der Waals surface area contributed by atoms with Gasteiger partial charge in [-0.15, -0.1) is 10.2 Å². The van der Waals surface area contributed by atoms with Gasteiger partial charge in [-0.25, -0.2) is 9.07 Å². The summed E-state index contributed by atoms with van der Waals surface area (Å²) in [7, 11) is 0. The monoisotopic (exact) mass is 374 g/mol. The molecule has 1 amide bonds. The number of nitrogens with zero attached hydrogens (tertiary/aromatic N) is 4. The Morgan fingerprint density at radius 3 is 2.43 bits per heavy atom. The average molecular weight is 374 g/mol. The molecular formula is C20H15FN6O. The Hall–Kier alpha value is -4.07. The molecule has 28 heavy (non-hydrogen) atoms. The lowest BCUT2D eigenvalue weighted by molar-refractivity contribution is 0.102. The molecule has 0 saturated heterocycles. The predicted molar refractivity (Wildman–Crippen MR) is 103 cm³/mol. The minimum Gasteiger partial charge on any atom is -0.336 e. The number of hydrogen-bond donors (Lipinski definition) is 2. The minimum atomic E-state index is -0.370. The summed E-state index contributed by atoms with van der Waals surface area (Å²) < 4.78 is 15.3. The molecule has 0 saturated carbocycles. The zero-order valence-electron chi connectivity index (χ0n) is 14.6. The maximum absolute atomic E-state index is 13.8. The predicted octanol–water partition coefficient (Wildman–Crippen LogP) is 3.80. The van der Waals surface area contributed by atoms with E-state index in [-0.39, 0.29) is 17.4 Å². The molecule has 2 heterocycles. The van der Waals surface area contributed by atoms with E-state index in [0.29, 0.717) is 22.9 Å². The molecule has 7 nitrogen and oxygen atoms in total. The van der Waals surface area contributed by atoms with Crippen LogP contribution in [0.3, 0.4) is 0 Å². The van der Waals surface area contributed by atoms with Crippen LogP contribution in [-0.4, -0.2) is 25.9 Å². The molecule has 138 valence electrons. The molecule has 0 bridgehead atoms. The van der Waals surface area contributed by atoms with Gasteiger partial charge < -0.3 is 10.6 Å². The van der Waals surface area contributed by atoms with Crippen LogP contribution in [-0.2, 0) is 0 Å². The van der Waals surface area contributed by atoms with E-state index in [2.05, 4.69) is 25.9 Å². The van der Waals surface area contributed by atoms with Gasteiger partial charge in [-0.1, -0.05) is 30.3 Å². The number of nitrogens with one attached hydrogen (secondary N) is 2. The number of anilines is 3. The van der Waals surface area contributed by atoms with Crippen LogP contribution in [0, 0.1) is 5.82 Å². The Balaban J connectivity index is 1.44. The van der Waals surface area contributed by atoms with Crippen molar-refractivity contribution < 1.29 is 9.18 Å². The molecule has 0 atom stereocenters. The van der Waals surface area contributed by atoms with Crippen LogP contribution in [0.5, 0.6) is 0 Å². The summed E-state index contributed by atoms with van der Waals surface area (Å²) in [5.74, 6) is -0.285. The third-order valence-electron chi connectivity index (χ3n) is 3.88. The van der Waals surface area contributed by atoms with Crippen LogP contribution < -0.4 is 10.6 Å².